The molecule has 66 valence electrons. The first kappa shape index (κ1) is 9.13. The van der Waals surface area contributed by atoms with Crippen molar-refractivity contribution in [3.63, 3.8) is 0 Å². The van der Waals surface area contributed by atoms with Crippen molar-refractivity contribution in [2.45, 2.75) is 26.8 Å². The molecule has 0 aliphatic rings. The normalized spacial score (nSPS) is 14.3. The van der Waals surface area contributed by atoms with E-state index in [9.17, 15) is 0 Å². The van der Waals surface area contributed by atoms with E-state index in [-0.39, 0.29) is 11.5 Å². The van der Waals surface area contributed by atoms with Gasteiger partial charge in [0.05, 0.1) is 6.04 Å². The van der Waals surface area contributed by atoms with Gasteiger partial charge in [0.2, 0.25) is 0 Å². The zero-order chi connectivity index (χ0) is 9.19. The van der Waals surface area contributed by atoms with Crippen LogP contribution in [0, 0.1) is 5.41 Å². The number of nitrogens with two attached hydrogens (primary N) is 1. The Kier molecular flexibility index (Phi) is 2.43. The molecule has 2 N–H and O–H groups in total. The standard InChI is InChI=1S/C9H15N3/c1-9(2,3)7(10)8-11-5-4-6-12-8/h4-7H,10H2,1-3H3/t7-/m1/s1. The molecule has 0 radical (unpaired) electrons. The lowest BCUT2D eigenvalue weighted by atomic mass is 9.87. The van der Waals surface area contributed by atoms with Crippen molar-refractivity contribution in [1.82, 2.24) is 9.97 Å². The van der Waals surface area contributed by atoms with Crippen LogP contribution in [0.5, 0.6) is 0 Å². The van der Waals surface area contributed by atoms with Gasteiger partial charge in [-0.15, -0.1) is 0 Å². The molecule has 1 heterocycles. The van der Waals surface area contributed by atoms with E-state index in [1.54, 1.807) is 18.5 Å². The number of hydrogen-bond donors (Lipinski definition) is 1. The summed E-state index contributed by atoms with van der Waals surface area (Å²) in [5, 5.41) is 0. The van der Waals surface area contributed by atoms with Crippen LogP contribution in [0.3, 0.4) is 0 Å². The number of rotatable bonds is 1. The van der Waals surface area contributed by atoms with Crippen molar-refractivity contribution in [1.29, 1.82) is 0 Å². The summed E-state index contributed by atoms with van der Waals surface area (Å²) in [6.07, 6.45) is 3.43. The SMILES string of the molecule is CC(C)(C)[C@H](N)c1ncccn1. The molecule has 0 spiro atoms. The summed E-state index contributed by atoms with van der Waals surface area (Å²) >= 11 is 0. The molecule has 1 aromatic rings. The van der Waals surface area contributed by atoms with Crippen LogP contribution < -0.4 is 5.73 Å². The van der Waals surface area contributed by atoms with Gasteiger partial charge < -0.3 is 5.73 Å². The molecule has 0 amide bonds. The summed E-state index contributed by atoms with van der Waals surface area (Å²) in [4.78, 5) is 8.22. The first-order chi connectivity index (χ1) is 5.52. The molecule has 0 saturated heterocycles. The quantitative estimate of drug-likeness (QED) is 0.686. The van der Waals surface area contributed by atoms with Gasteiger partial charge in [-0.05, 0) is 11.5 Å². The molecule has 0 unspecified atom stereocenters. The Balaban J connectivity index is 2.86. The summed E-state index contributed by atoms with van der Waals surface area (Å²) in [6, 6.07) is 1.69. The predicted molar refractivity (Wildman–Crippen MR) is 48.4 cm³/mol. The van der Waals surface area contributed by atoms with Crippen molar-refractivity contribution in [2.75, 3.05) is 0 Å². The van der Waals surface area contributed by atoms with E-state index in [4.69, 9.17) is 5.73 Å². The number of hydrogen-bond acceptors (Lipinski definition) is 3. The van der Waals surface area contributed by atoms with Crippen LogP contribution in [0.15, 0.2) is 18.5 Å². The van der Waals surface area contributed by atoms with Crippen LogP contribution in [-0.4, -0.2) is 9.97 Å². The largest absolute Gasteiger partial charge is 0.321 e. The van der Waals surface area contributed by atoms with E-state index < -0.39 is 0 Å². The van der Waals surface area contributed by atoms with Crippen molar-refractivity contribution >= 4 is 0 Å². The maximum atomic E-state index is 5.95. The Bertz CT molecular complexity index is 238. The highest BCUT2D eigenvalue weighted by Gasteiger charge is 2.23. The van der Waals surface area contributed by atoms with Crippen molar-refractivity contribution in [3.8, 4) is 0 Å². The second-order valence-electron chi connectivity index (χ2n) is 3.95. The third-order valence-electron chi connectivity index (χ3n) is 1.80. The van der Waals surface area contributed by atoms with Crippen molar-refractivity contribution in [3.05, 3.63) is 24.3 Å². The molecule has 12 heavy (non-hydrogen) atoms. The fourth-order valence-electron chi connectivity index (χ4n) is 0.859. The van der Waals surface area contributed by atoms with Crippen LogP contribution in [0.1, 0.15) is 32.6 Å². The Morgan fingerprint density at radius 2 is 1.75 bits per heavy atom. The maximum Gasteiger partial charge on any atom is 0.145 e. The van der Waals surface area contributed by atoms with Crippen LogP contribution in [0.2, 0.25) is 0 Å². The Morgan fingerprint density at radius 3 is 2.17 bits per heavy atom. The van der Waals surface area contributed by atoms with Crippen LogP contribution in [0.4, 0.5) is 0 Å². The Labute approximate surface area is 73.0 Å². The zero-order valence-electron chi connectivity index (χ0n) is 7.78. The molecule has 3 nitrogen and oxygen atoms in total. The van der Waals surface area contributed by atoms with Gasteiger partial charge >= 0.3 is 0 Å². The van der Waals surface area contributed by atoms with Crippen molar-refractivity contribution < 1.29 is 0 Å². The van der Waals surface area contributed by atoms with Crippen molar-refractivity contribution in [2.24, 2.45) is 11.1 Å². The second kappa shape index (κ2) is 3.19. The molecular formula is C9H15N3. The molecule has 1 atom stereocenters. The summed E-state index contributed by atoms with van der Waals surface area (Å²) in [5.41, 5.74) is 5.96. The highest BCUT2D eigenvalue weighted by molar-refractivity contribution is 4.98. The first-order valence-electron chi connectivity index (χ1n) is 4.04. The third kappa shape index (κ3) is 2.01. The summed E-state index contributed by atoms with van der Waals surface area (Å²) in [6.45, 7) is 6.23. The Hall–Kier alpha value is -0.960. The lowest BCUT2D eigenvalue weighted by Gasteiger charge is -2.25. The Morgan fingerprint density at radius 1 is 1.25 bits per heavy atom. The number of nitrogens with zero attached hydrogens (tertiary/aromatic N) is 2. The van der Waals surface area contributed by atoms with E-state index in [1.165, 1.54) is 0 Å². The molecule has 0 aliphatic carbocycles. The van der Waals surface area contributed by atoms with E-state index in [0.29, 0.717) is 5.82 Å². The van der Waals surface area contributed by atoms with Gasteiger partial charge in [0, 0.05) is 12.4 Å². The monoisotopic (exact) mass is 165 g/mol. The van der Waals surface area contributed by atoms with Gasteiger partial charge in [-0.3, -0.25) is 0 Å². The van der Waals surface area contributed by atoms with Gasteiger partial charge in [-0.25, -0.2) is 9.97 Å². The topological polar surface area (TPSA) is 51.8 Å². The minimum atomic E-state index is -0.0984. The van der Waals surface area contributed by atoms with Gasteiger partial charge in [0.15, 0.2) is 0 Å². The van der Waals surface area contributed by atoms with Gasteiger partial charge in [-0.2, -0.15) is 0 Å². The molecule has 0 bridgehead atoms. The molecule has 0 aliphatic heterocycles. The second-order valence-corrected chi connectivity index (χ2v) is 3.95. The van der Waals surface area contributed by atoms with Gasteiger partial charge in [0.25, 0.3) is 0 Å². The first-order valence-corrected chi connectivity index (χ1v) is 4.04. The molecule has 3 heteroatoms. The zero-order valence-corrected chi connectivity index (χ0v) is 7.78. The fourth-order valence-corrected chi connectivity index (χ4v) is 0.859. The summed E-state index contributed by atoms with van der Waals surface area (Å²) in [5.74, 6) is 0.713. The molecular weight excluding hydrogens is 150 g/mol. The highest BCUT2D eigenvalue weighted by atomic mass is 14.9. The van der Waals surface area contributed by atoms with Crippen LogP contribution >= 0.6 is 0 Å². The third-order valence-corrected chi connectivity index (χ3v) is 1.80. The molecule has 1 aromatic heterocycles. The average molecular weight is 165 g/mol. The average Bonchev–Trinajstić information content (AvgIpc) is 2.03. The molecule has 0 fully saturated rings. The van der Waals surface area contributed by atoms with Gasteiger partial charge in [-0.1, -0.05) is 20.8 Å². The van der Waals surface area contributed by atoms with E-state index in [1.807, 2.05) is 0 Å². The minimum absolute atomic E-state index is 0.0152. The number of aromatic nitrogens is 2. The molecule has 0 aromatic carbocycles. The van der Waals surface area contributed by atoms with E-state index >= 15 is 0 Å². The highest BCUT2D eigenvalue weighted by Crippen LogP contribution is 2.27. The van der Waals surface area contributed by atoms with Crippen LogP contribution in [-0.2, 0) is 0 Å². The smallest absolute Gasteiger partial charge is 0.145 e. The molecule has 1 rings (SSSR count). The fraction of sp³-hybridized carbons (Fsp3) is 0.556. The predicted octanol–water partition coefficient (Wildman–Crippen LogP) is 1.52. The van der Waals surface area contributed by atoms with Gasteiger partial charge in [0.1, 0.15) is 5.82 Å². The maximum absolute atomic E-state index is 5.95. The van der Waals surface area contributed by atoms with Crippen LogP contribution in [0.25, 0.3) is 0 Å². The lowest BCUT2D eigenvalue weighted by Crippen LogP contribution is -2.27. The molecule has 0 saturated carbocycles. The summed E-state index contributed by atoms with van der Waals surface area (Å²) < 4.78 is 0. The lowest BCUT2D eigenvalue weighted by molar-refractivity contribution is 0.315. The summed E-state index contributed by atoms with van der Waals surface area (Å²) in [7, 11) is 0. The minimum Gasteiger partial charge on any atom is -0.321 e. The van der Waals surface area contributed by atoms with E-state index in [2.05, 4.69) is 30.7 Å². The van der Waals surface area contributed by atoms with E-state index in [0.717, 1.165) is 0 Å².